The Hall–Kier alpha value is -2.20. The molecule has 9 nitrogen and oxygen atoms in total. The van der Waals surface area contributed by atoms with Crippen molar-refractivity contribution in [3.05, 3.63) is 28.6 Å². The van der Waals surface area contributed by atoms with Crippen molar-refractivity contribution < 1.29 is 9.47 Å². The molecule has 5 heterocycles. The van der Waals surface area contributed by atoms with Gasteiger partial charge in [0.1, 0.15) is 10.8 Å². The van der Waals surface area contributed by atoms with Crippen LogP contribution in [-0.2, 0) is 4.74 Å². The number of aromatic amines is 1. The maximum Gasteiger partial charge on any atom is 0.266 e. The van der Waals surface area contributed by atoms with Gasteiger partial charge in [-0.15, -0.1) is 5.10 Å². The molecule has 2 atom stereocenters. The molecule has 3 N–H and O–H groups in total. The Labute approximate surface area is 182 Å². The Balaban J connectivity index is 1.34. The van der Waals surface area contributed by atoms with Gasteiger partial charge in [0.25, 0.3) is 5.88 Å². The van der Waals surface area contributed by atoms with Gasteiger partial charge >= 0.3 is 0 Å². The van der Waals surface area contributed by atoms with Crippen LogP contribution in [0, 0.1) is 5.41 Å². The average Bonchev–Trinajstić information content (AvgIpc) is 3.28. The number of piperidine rings is 1. The lowest BCUT2D eigenvalue weighted by Gasteiger charge is -2.41. The highest BCUT2D eigenvalue weighted by Crippen LogP contribution is 2.42. The predicted molar refractivity (Wildman–Crippen MR) is 113 cm³/mol. The second-order valence-electron chi connectivity index (χ2n) is 7.86. The van der Waals surface area contributed by atoms with Crippen molar-refractivity contribution in [3.8, 4) is 11.6 Å². The first-order valence-corrected chi connectivity index (χ1v) is 10.5. The minimum atomic E-state index is 0.0630. The largest absolute Gasteiger partial charge is 0.434 e. The molecule has 30 heavy (non-hydrogen) atoms. The molecule has 5 rings (SSSR count). The summed E-state index contributed by atoms with van der Waals surface area (Å²) in [7, 11) is 0. The summed E-state index contributed by atoms with van der Waals surface area (Å²) in [5, 5.41) is 7.43. The third-order valence-electron chi connectivity index (χ3n) is 6.17. The van der Waals surface area contributed by atoms with E-state index in [2.05, 4.69) is 37.0 Å². The predicted octanol–water partition coefficient (Wildman–Crippen LogP) is 3.18. The first kappa shape index (κ1) is 19.7. The number of rotatable bonds is 3. The molecule has 158 valence electrons. The molecule has 0 unspecified atom stereocenters. The van der Waals surface area contributed by atoms with Crippen LogP contribution in [0.2, 0.25) is 10.2 Å². The first-order valence-electron chi connectivity index (χ1n) is 9.78. The van der Waals surface area contributed by atoms with Crippen molar-refractivity contribution in [1.82, 2.24) is 25.1 Å². The normalized spacial score (nSPS) is 23.4. The summed E-state index contributed by atoms with van der Waals surface area (Å²) in [5.41, 5.74) is 7.52. The Morgan fingerprint density at radius 1 is 1.30 bits per heavy atom. The fourth-order valence-electron chi connectivity index (χ4n) is 4.23. The highest BCUT2D eigenvalue weighted by atomic mass is 35.5. The fraction of sp³-hybridized carbons (Fsp3) is 0.474. The summed E-state index contributed by atoms with van der Waals surface area (Å²) >= 11 is 12.1. The summed E-state index contributed by atoms with van der Waals surface area (Å²) in [5.74, 6) is 1.41. The Morgan fingerprint density at radius 2 is 2.10 bits per heavy atom. The van der Waals surface area contributed by atoms with E-state index in [-0.39, 0.29) is 33.6 Å². The molecule has 0 bridgehead atoms. The van der Waals surface area contributed by atoms with Crippen LogP contribution < -0.4 is 15.4 Å². The van der Waals surface area contributed by atoms with Gasteiger partial charge in [-0.25, -0.2) is 15.0 Å². The quantitative estimate of drug-likeness (QED) is 0.585. The average molecular weight is 450 g/mol. The number of aromatic nitrogens is 5. The van der Waals surface area contributed by atoms with Crippen LogP contribution in [0.5, 0.6) is 11.6 Å². The molecule has 2 aliphatic rings. The van der Waals surface area contributed by atoms with E-state index in [1.165, 1.54) is 6.20 Å². The second-order valence-corrected chi connectivity index (χ2v) is 8.60. The van der Waals surface area contributed by atoms with Crippen LogP contribution in [0.15, 0.2) is 18.5 Å². The molecule has 1 spiro atoms. The maximum atomic E-state index is 6.41. The number of H-pyrrole nitrogens is 1. The van der Waals surface area contributed by atoms with Crippen molar-refractivity contribution in [3.63, 3.8) is 0 Å². The molecule has 0 saturated carbocycles. The summed E-state index contributed by atoms with van der Waals surface area (Å²) in [4.78, 5) is 15.3. The fourth-order valence-corrected chi connectivity index (χ4v) is 4.53. The Kier molecular flexibility index (Phi) is 4.93. The molecule has 0 radical (unpaired) electrons. The topological polar surface area (TPSA) is 115 Å². The lowest BCUT2D eigenvalue weighted by atomic mass is 9.73. The highest BCUT2D eigenvalue weighted by molar-refractivity contribution is 6.42. The molecular formula is C19H21Cl2N7O2. The van der Waals surface area contributed by atoms with Gasteiger partial charge in [0.05, 0.1) is 18.9 Å². The highest BCUT2D eigenvalue weighted by Gasteiger charge is 2.47. The zero-order valence-corrected chi connectivity index (χ0v) is 17.8. The minimum absolute atomic E-state index is 0.0630. The van der Waals surface area contributed by atoms with E-state index < -0.39 is 0 Å². The molecule has 3 aromatic heterocycles. The van der Waals surface area contributed by atoms with Crippen LogP contribution in [0.25, 0.3) is 11.2 Å². The summed E-state index contributed by atoms with van der Waals surface area (Å²) in [6.45, 7) is 4.49. The van der Waals surface area contributed by atoms with Gasteiger partial charge < -0.3 is 20.1 Å². The smallest absolute Gasteiger partial charge is 0.266 e. The maximum absolute atomic E-state index is 6.41. The van der Waals surface area contributed by atoms with E-state index in [1.807, 2.05) is 0 Å². The zero-order chi connectivity index (χ0) is 20.9. The van der Waals surface area contributed by atoms with Gasteiger partial charge in [0.2, 0.25) is 0 Å². The molecule has 2 aliphatic heterocycles. The van der Waals surface area contributed by atoms with E-state index in [4.69, 9.17) is 38.4 Å². The van der Waals surface area contributed by atoms with Gasteiger partial charge in [-0.2, -0.15) is 0 Å². The number of hydrogen-bond donors (Lipinski definition) is 2. The Morgan fingerprint density at radius 3 is 2.83 bits per heavy atom. The molecule has 0 aliphatic carbocycles. The first-order chi connectivity index (χ1) is 14.5. The van der Waals surface area contributed by atoms with Crippen molar-refractivity contribution in [1.29, 1.82) is 0 Å². The van der Waals surface area contributed by atoms with Crippen LogP contribution in [0.1, 0.15) is 19.8 Å². The number of pyridine rings is 1. The van der Waals surface area contributed by atoms with E-state index in [0.717, 1.165) is 38.4 Å². The molecule has 2 saturated heterocycles. The molecule has 3 aromatic rings. The second kappa shape index (κ2) is 7.49. The Bertz CT molecular complexity index is 1080. The zero-order valence-electron chi connectivity index (χ0n) is 16.3. The van der Waals surface area contributed by atoms with Gasteiger partial charge in [-0.3, -0.25) is 5.10 Å². The van der Waals surface area contributed by atoms with Crippen LogP contribution >= 0.6 is 23.2 Å². The van der Waals surface area contributed by atoms with Crippen molar-refractivity contribution >= 4 is 40.2 Å². The van der Waals surface area contributed by atoms with Crippen molar-refractivity contribution in [2.24, 2.45) is 11.1 Å². The lowest BCUT2D eigenvalue weighted by molar-refractivity contribution is 0.0974. The summed E-state index contributed by atoms with van der Waals surface area (Å²) in [6.07, 6.45) is 5.29. The third-order valence-corrected chi connectivity index (χ3v) is 6.92. The standard InChI is InChI=1S/C19H21Cl2N7O2/c1-10-15(22)19(9-29-10)3-6-28(7-4-19)12-8-24-14-17(25-12)26-27-18(14)30-11-2-5-23-16(21)13(11)20/h2,5,8,10,15H,3-4,6-7,9,22H2,1H3,(H,25,26,27)/t10-,15+/m0/s1. The van der Waals surface area contributed by atoms with Crippen molar-refractivity contribution in [2.45, 2.75) is 31.9 Å². The van der Waals surface area contributed by atoms with Crippen molar-refractivity contribution in [2.75, 3.05) is 24.6 Å². The third kappa shape index (κ3) is 3.26. The van der Waals surface area contributed by atoms with Gasteiger partial charge in [-0.05, 0) is 19.8 Å². The van der Waals surface area contributed by atoms with Crippen LogP contribution in [0.4, 0.5) is 5.82 Å². The molecule has 0 amide bonds. The number of anilines is 1. The van der Waals surface area contributed by atoms with Gasteiger partial charge in [0.15, 0.2) is 22.1 Å². The number of nitrogens with one attached hydrogen (secondary N) is 1. The molecule has 2 fully saturated rings. The minimum Gasteiger partial charge on any atom is -0.434 e. The number of ether oxygens (including phenoxy) is 2. The molecule has 11 heteroatoms. The monoisotopic (exact) mass is 449 g/mol. The number of hydrogen-bond acceptors (Lipinski definition) is 8. The van der Waals surface area contributed by atoms with Crippen LogP contribution in [0.3, 0.4) is 0 Å². The SMILES string of the molecule is C[C@@H]1OCC2(CCN(c3cnc4c(Oc5ccnc(Cl)c5Cl)n[nH]c4n3)CC2)[C@@H]1N. The molecular weight excluding hydrogens is 429 g/mol. The number of fused-ring (bicyclic) bond motifs is 1. The van der Waals surface area contributed by atoms with E-state index in [9.17, 15) is 0 Å². The van der Waals surface area contributed by atoms with E-state index in [0.29, 0.717) is 16.9 Å². The summed E-state index contributed by atoms with van der Waals surface area (Å²) < 4.78 is 11.6. The van der Waals surface area contributed by atoms with Gasteiger partial charge in [0, 0.05) is 36.8 Å². The number of nitrogens with two attached hydrogens (primary N) is 1. The van der Waals surface area contributed by atoms with E-state index in [1.54, 1.807) is 12.3 Å². The number of halogens is 2. The van der Waals surface area contributed by atoms with Crippen LogP contribution in [-0.4, -0.2) is 57.0 Å². The lowest BCUT2D eigenvalue weighted by Crippen LogP contribution is -2.50. The number of nitrogens with zero attached hydrogens (tertiary/aromatic N) is 5. The molecule has 0 aromatic carbocycles. The van der Waals surface area contributed by atoms with Gasteiger partial charge in [-0.1, -0.05) is 23.2 Å². The van der Waals surface area contributed by atoms with E-state index >= 15 is 0 Å². The summed E-state index contributed by atoms with van der Waals surface area (Å²) in [6, 6.07) is 1.69.